The van der Waals surface area contributed by atoms with E-state index in [4.69, 9.17) is 14.5 Å². The minimum absolute atomic E-state index is 0.0782. The van der Waals surface area contributed by atoms with Crippen molar-refractivity contribution in [1.82, 2.24) is 4.98 Å². The molecule has 138 valence electrons. The molecule has 27 heavy (non-hydrogen) atoms. The summed E-state index contributed by atoms with van der Waals surface area (Å²) in [6.07, 6.45) is 6.24. The lowest BCUT2D eigenvalue weighted by molar-refractivity contribution is -0.144. The molecule has 0 amide bonds. The number of benzene rings is 1. The molecule has 5 heteroatoms. The van der Waals surface area contributed by atoms with Crippen LogP contribution in [0.4, 0.5) is 0 Å². The third-order valence-corrected chi connectivity index (χ3v) is 5.51. The molecule has 0 fully saturated rings. The summed E-state index contributed by atoms with van der Waals surface area (Å²) in [6.45, 7) is 0. The van der Waals surface area contributed by atoms with Gasteiger partial charge in [0.1, 0.15) is 0 Å². The standard InChI is InChI=1S/C22H21NO4/c1-26-19(24)12-22(13-20(25)27-2)16-9-5-4-8-15(16)21-17(22)11-14-7-3-6-10-18(14)23-21/h3,6-11H,4-5,12-13H2,1-2H3. The molecule has 1 aromatic heterocycles. The van der Waals surface area contributed by atoms with Crippen LogP contribution in [0, 0.1) is 0 Å². The molecule has 5 nitrogen and oxygen atoms in total. The minimum Gasteiger partial charge on any atom is -0.469 e. The number of hydrogen-bond donors (Lipinski definition) is 0. The Hall–Kier alpha value is -2.95. The van der Waals surface area contributed by atoms with Crippen LogP contribution in [0.25, 0.3) is 16.5 Å². The Balaban J connectivity index is 2.00. The molecule has 0 bridgehead atoms. The van der Waals surface area contributed by atoms with Crippen molar-refractivity contribution in [1.29, 1.82) is 0 Å². The maximum atomic E-state index is 12.3. The summed E-state index contributed by atoms with van der Waals surface area (Å²) >= 11 is 0. The van der Waals surface area contributed by atoms with E-state index < -0.39 is 5.41 Å². The maximum Gasteiger partial charge on any atom is 0.306 e. The number of pyridine rings is 1. The average molecular weight is 363 g/mol. The van der Waals surface area contributed by atoms with Crippen LogP contribution >= 0.6 is 0 Å². The SMILES string of the molecule is COC(=O)CC1(CC(=O)OC)C2=CCCC=C2c2nc3ccccc3cc21. The predicted molar refractivity (Wildman–Crippen MR) is 102 cm³/mol. The van der Waals surface area contributed by atoms with Crippen molar-refractivity contribution in [2.45, 2.75) is 31.1 Å². The number of methoxy groups -OCH3 is 2. The van der Waals surface area contributed by atoms with E-state index >= 15 is 0 Å². The van der Waals surface area contributed by atoms with Crippen LogP contribution < -0.4 is 0 Å². The van der Waals surface area contributed by atoms with Crippen molar-refractivity contribution in [2.24, 2.45) is 0 Å². The first-order valence-corrected chi connectivity index (χ1v) is 9.04. The van der Waals surface area contributed by atoms with Crippen LogP contribution in [0.2, 0.25) is 0 Å². The highest BCUT2D eigenvalue weighted by Crippen LogP contribution is 2.55. The van der Waals surface area contributed by atoms with Crippen molar-refractivity contribution in [3.8, 4) is 0 Å². The quantitative estimate of drug-likeness (QED) is 0.775. The van der Waals surface area contributed by atoms with Crippen LogP contribution in [-0.2, 0) is 24.5 Å². The van der Waals surface area contributed by atoms with Gasteiger partial charge < -0.3 is 9.47 Å². The molecule has 2 aliphatic carbocycles. The molecular formula is C22H21NO4. The lowest BCUT2D eigenvalue weighted by atomic mass is 9.71. The van der Waals surface area contributed by atoms with Gasteiger partial charge >= 0.3 is 11.9 Å². The maximum absolute atomic E-state index is 12.3. The van der Waals surface area contributed by atoms with E-state index in [1.807, 2.05) is 24.3 Å². The number of hydrogen-bond acceptors (Lipinski definition) is 5. The van der Waals surface area contributed by atoms with Crippen molar-refractivity contribution < 1.29 is 19.1 Å². The van der Waals surface area contributed by atoms with E-state index in [1.54, 1.807) is 0 Å². The summed E-state index contributed by atoms with van der Waals surface area (Å²) in [5.74, 6) is -0.712. The normalized spacial score (nSPS) is 16.8. The number of carbonyl (C=O) groups is 2. The van der Waals surface area contributed by atoms with Gasteiger partial charge in [0.05, 0.1) is 38.3 Å². The van der Waals surface area contributed by atoms with E-state index in [2.05, 4.69) is 18.2 Å². The molecule has 0 atom stereocenters. The van der Waals surface area contributed by atoms with Crippen molar-refractivity contribution >= 4 is 28.4 Å². The first-order chi connectivity index (χ1) is 13.1. The van der Waals surface area contributed by atoms with Crippen molar-refractivity contribution in [2.75, 3.05) is 14.2 Å². The second-order valence-electron chi connectivity index (χ2n) is 6.98. The van der Waals surface area contributed by atoms with E-state index in [0.29, 0.717) is 0 Å². The Morgan fingerprint density at radius 3 is 2.41 bits per heavy atom. The van der Waals surface area contributed by atoms with E-state index in [0.717, 1.165) is 46.1 Å². The Bertz CT molecular complexity index is 985. The zero-order valence-electron chi connectivity index (χ0n) is 15.5. The molecule has 0 radical (unpaired) electrons. The molecule has 4 rings (SSSR count). The van der Waals surface area contributed by atoms with Gasteiger partial charge in [-0.15, -0.1) is 0 Å². The number of fused-ring (bicyclic) bond motifs is 4. The monoisotopic (exact) mass is 363 g/mol. The predicted octanol–water partition coefficient (Wildman–Crippen LogP) is 3.72. The summed E-state index contributed by atoms with van der Waals surface area (Å²) in [5.41, 5.74) is 3.86. The molecule has 0 saturated heterocycles. The van der Waals surface area contributed by atoms with Gasteiger partial charge in [0.25, 0.3) is 0 Å². The van der Waals surface area contributed by atoms with Gasteiger partial charge in [-0.25, -0.2) is 4.98 Å². The molecule has 0 spiro atoms. The summed E-state index contributed by atoms with van der Waals surface area (Å²) < 4.78 is 9.95. The Kier molecular flexibility index (Phi) is 4.30. The van der Waals surface area contributed by atoms with Crippen LogP contribution in [0.5, 0.6) is 0 Å². The Morgan fingerprint density at radius 1 is 1.04 bits per heavy atom. The summed E-state index contributed by atoms with van der Waals surface area (Å²) in [5, 5.41) is 0.982. The molecular weight excluding hydrogens is 342 g/mol. The Morgan fingerprint density at radius 2 is 1.70 bits per heavy atom. The molecule has 2 aliphatic rings. The summed E-state index contributed by atoms with van der Waals surface area (Å²) in [4.78, 5) is 29.6. The van der Waals surface area contributed by atoms with Crippen LogP contribution in [0.3, 0.4) is 0 Å². The first-order valence-electron chi connectivity index (χ1n) is 9.04. The molecule has 0 N–H and O–H groups in total. The highest BCUT2D eigenvalue weighted by molar-refractivity contribution is 5.96. The van der Waals surface area contributed by atoms with E-state index in [1.165, 1.54) is 14.2 Å². The summed E-state index contributed by atoms with van der Waals surface area (Å²) in [6, 6.07) is 9.94. The number of para-hydroxylation sites is 1. The van der Waals surface area contributed by atoms with Crippen molar-refractivity contribution in [3.63, 3.8) is 0 Å². The Labute approximate surface area is 157 Å². The van der Waals surface area contributed by atoms with Crippen molar-refractivity contribution in [3.05, 3.63) is 59.3 Å². The van der Waals surface area contributed by atoms with Gasteiger partial charge in [0.15, 0.2) is 0 Å². The van der Waals surface area contributed by atoms with Crippen LogP contribution in [-0.4, -0.2) is 31.1 Å². The highest BCUT2D eigenvalue weighted by Gasteiger charge is 2.50. The van der Waals surface area contributed by atoms with Gasteiger partial charge in [-0.2, -0.15) is 0 Å². The van der Waals surface area contributed by atoms with Crippen LogP contribution in [0.1, 0.15) is 36.9 Å². The third-order valence-electron chi connectivity index (χ3n) is 5.51. The molecule has 0 saturated carbocycles. The smallest absolute Gasteiger partial charge is 0.306 e. The second-order valence-corrected chi connectivity index (χ2v) is 6.98. The van der Waals surface area contributed by atoms with Gasteiger partial charge in [-0.1, -0.05) is 30.4 Å². The largest absolute Gasteiger partial charge is 0.469 e. The molecule has 0 unspecified atom stereocenters. The lowest BCUT2D eigenvalue weighted by Gasteiger charge is -2.31. The lowest BCUT2D eigenvalue weighted by Crippen LogP contribution is -2.33. The van der Waals surface area contributed by atoms with Gasteiger partial charge in [0, 0.05) is 16.4 Å². The number of esters is 2. The molecule has 1 heterocycles. The topological polar surface area (TPSA) is 65.5 Å². The van der Waals surface area contributed by atoms with Gasteiger partial charge in [-0.3, -0.25) is 9.59 Å². The molecule has 2 aromatic rings. The number of ether oxygens (including phenoxy) is 2. The average Bonchev–Trinajstić information content (AvgIpc) is 2.95. The number of nitrogens with zero attached hydrogens (tertiary/aromatic N) is 1. The van der Waals surface area contributed by atoms with Crippen LogP contribution in [0.15, 0.2) is 48.1 Å². The van der Waals surface area contributed by atoms with E-state index in [-0.39, 0.29) is 24.8 Å². The van der Waals surface area contributed by atoms with E-state index in [9.17, 15) is 9.59 Å². The highest BCUT2D eigenvalue weighted by atomic mass is 16.5. The summed E-state index contributed by atoms with van der Waals surface area (Å²) in [7, 11) is 2.74. The van der Waals surface area contributed by atoms with Gasteiger partial charge in [0.2, 0.25) is 0 Å². The second kappa shape index (κ2) is 6.65. The number of allylic oxidation sites excluding steroid dienone is 4. The fraction of sp³-hybridized carbons (Fsp3) is 0.318. The molecule has 0 aliphatic heterocycles. The molecule has 1 aromatic carbocycles. The fourth-order valence-electron chi connectivity index (χ4n) is 4.26. The van der Waals surface area contributed by atoms with Gasteiger partial charge in [-0.05, 0) is 36.1 Å². The fourth-order valence-corrected chi connectivity index (χ4v) is 4.26. The first kappa shape index (κ1) is 17.5. The third kappa shape index (κ3) is 2.74. The zero-order chi connectivity index (χ0) is 19.0. The minimum atomic E-state index is -0.807. The number of aromatic nitrogens is 1. The number of carbonyl (C=O) groups excluding carboxylic acids is 2. The number of rotatable bonds is 4. The zero-order valence-corrected chi connectivity index (χ0v) is 15.5.